The van der Waals surface area contributed by atoms with Crippen molar-refractivity contribution in [2.45, 2.75) is 59.0 Å². The summed E-state index contributed by atoms with van der Waals surface area (Å²) in [6.45, 7) is 10.6. The van der Waals surface area contributed by atoms with Gasteiger partial charge in [0.15, 0.2) is 7.85 Å². The average Bonchev–Trinajstić information content (AvgIpc) is 2.58. The van der Waals surface area contributed by atoms with E-state index in [1.807, 2.05) is 5.48 Å². The summed E-state index contributed by atoms with van der Waals surface area (Å²) in [5.41, 5.74) is 1.84. The van der Waals surface area contributed by atoms with Crippen molar-refractivity contribution in [2.75, 3.05) is 26.2 Å². The molecule has 9 heteroatoms. The maximum absolute atomic E-state index is 12.3. The SMILES string of the molecule is BC(=O)CNC(=O)[C@H](CCCCN(CC)CC)NC(=O)[C@@H](NO)C(C)C. The molecule has 150 valence electrons. The normalized spacial score (nSPS) is 13.5. The molecular formula is C17H35BN4O4. The summed E-state index contributed by atoms with van der Waals surface area (Å²) in [6.07, 6.45) is 2.17. The quantitative estimate of drug-likeness (QED) is 0.182. The van der Waals surface area contributed by atoms with Gasteiger partial charge in [-0.25, -0.2) is 0 Å². The molecular weight excluding hydrogens is 335 g/mol. The lowest BCUT2D eigenvalue weighted by Gasteiger charge is -2.24. The second-order valence-electron chi connectivity index (χ2n) is 6.85. The van der Waals surface area contributed by atoms with E-state index in [1.54, 1.807) is 13.8 Å². The molecule has 0 bridgehead atoms. The molecule has 0 heterocycles. The van der Waals surface area contributed by atoms with Crippen molar-refractivity contribution < 1.29 is 19.6 Å². The third-order valence-electron chi connectivity index (χ3n) is 4.34. The number of hydroxylamine groups is 1. The van der Waals surface area contributed by atoms with Crippen LogP contribution >= 0.6 is 0 Å². The van der Waals surface area contributed by atoms with Crippen molar-refractivity contribution >= 4 is 25.3 Å². The first-order valence-corrected chi connectivity index (χ1v) is 9.46. The van der Waals surface area contributed by atoms with Gasteiger partial charge in [0.1, 0.15) is 17.8 Å². The number of hydrogen-bond donors (Lipinski definition) is 4. The number of carbonyl (C=O) groups is 3. The third kappa shape index (κ3) is 9.89. The van der Waals surface area contributed by atoms with E-state index < -0.39 is 18.0 Å². The van der Waals surface area contributed by atoms with Gasteiger partial charge < -0.3 is 25.5 Å². The minimum absolute atomic E-state index is 0.0590. The van der Waals surface area contributed by atoms with Crippen LogP contribution in [0.25, 0.3) is 0 Å². The molecule has 8 nitrogen and oxygen atoms in total. The second kappa shape index (κ2) is 13.7. The third-order valence-corrected chi connectivity index (χ3v) is 4.34. The highest BCUT2D eigenvalue weighted by atomic mass is 16.5. The number of nitrogens with zero attached hydrogens (tertiary/aromatic N) is 1. The molecule has 0 spiro atoms. The number of rotatable bonds is 14. The molecule has 0 unspecified atom stereocenters. The van der Waals surface area contributed by atoms with E-state index in [0.29, 0.717) is 6.42 Å². The van der Waals surface area contributed by atoms with Gasteiger partial charge in [-0.1, -0.05) is 27.7 Å². The maximum Gasteiger partial charge on any atom is 0.242 e. The van der Waals surface area contributed by atoms with Gasteiger partial charge in [0.05, 0.1) is 6.54 Å². The monoisotopic (exact) mass is 370 g/mol. The average molecular weight is 370 g/mol. The molecule has 2 atom stereocenters. The van der Waals surface area contributed by atoms with E-state index in [9.17, 15) is 14.4 Å². The Hall–Kier alpha value is -1.45. The van der Waals surface area contributed by atoms with Crippen molar-refractivity contribution in [3.05, 3.63) is 0 Å². The molecule has 0 aliphatic rings. The van der Waals surface area contributed by atoms with Crippen molar-refractivity contribution in [3.8, 4) is 0 Å². The molecule has 0 aliphatic heterocycles. The summed E-state index contributed by atoms with van der Waals surface area (Å²) < 4.78 is 0. The summed E-state index contributed by atoms with van der Waals surface area (Å²) in [6, 6.07) is -1.53. The summed E-state index contributed by atoms with van der Waals surface area (Å²) in [5, 5.41) is 14.4. The van der Waals surface area contributed by atoms with Crippen LogP contribution in [0.5, 0.6) is 0 Å². The Morgan fingerprint density at radius 1 is 1.08 bits per heavy atom. The smallest absolute Gasteiger partial charge is 0.242 e. The molecule has 26 heavy (non-hydrogen) atoms. The molecule has 0 aromatic carbocycles. The Labute approximate surface area is 157 Å². The topological polar surface area (TPSA) is 111 Å². The van der Waals surface area contributed by atoms with Gasteiger partial charge in [-0.15, -0.1) is 0 Å². The zero-order chi connectivity index (χ0) is 20.1. The van der Waals surface area contributed by atoms with Crippen LogP contribution in [0.2, 0.25) is 0 Å². The molecule has 0 aromatic rings. The summed E-state index contributed by atoms with van der Waals surface area (Å²) in [4.78, 5) is 38.0. The van der Waals surface area contributed by atoms with Crippen LogP contribution in [0.3, 0.4) is 0 Å². The Bertz CT molecular complexity index is 444. The standard InChI is InChI=1S/C17H35BN4O4/c1-5-22(6-2)10-8-7-9-13(16(24)19-11-14(18)23)20-17(25)15(21-26)12(3)4/h12-13,15,21,26H,5-11,18H2,1-4H3,(H,19,24)(H,20,25)/t13-,15-/m0/s1. The Kier molecular flexibility index (Phi) is 13.0. The Balaban J connectivity index is 4.75. The van der Waals surface area contributed by atoms with E-state index >= 15 is 0 Å². The molecule has 0 fully saturated rings. The highest BCUT2D eigenvalue weighted by molar-refractivity contribution is 6.58. The Morgan fingerprint density at radius 2 is 1.69 bits per heavy atom. The predicted octanol–water partition coefficient (Wildman–Crippen LogP) is -0.737. The fourth-order valence-electron chi connectivity index (χ4n) is 2.60. The van der Waals surface area contributed by atoms with Crippen LogP contribution in [0, 0.1) is 5.92 Å². The first kappa shape index (κ1) is 24.6. The molecule has 0 saturated heterocycles. The van der Waals surface area contributed by atoms with E-state index in [1.165, 1.54) is 7.85 Å². The van der Waals surface area contributed by atoms with Crippen molar-refractivity contribution in [3.63, 3.8) is 0 Å². The van der Waals surface area contributed by atoms with Crippen LogP contribution in [0.1, 0.15) is 47.0 Å². The maximum atomic E-state index is 12.3. The van der Waals surface area contributed by atoms with Gasteiger partial charge in [0.2, 0.25) is 11.8 Å². The lowest BCUT2D eigenvalue weighted by atomic mass is 10.0. The van der Waals surface area contributed by atoms with E-state index in [0.717, 1.165) is 32.5 Å². The first-order chi connectivity index (χ1) is 12.3. The van der Waals surface area contributed by atoms with Crippen LogP contribution < -0.4 is 16.1 Å². The van der Waals surface area contributed by atoms with Crippen molar-refractivity contribution in [2.24, 2.45) is 5.92 Å². The van der Waals surface area contributed by atoms with Gasteiger partial charge in [-0.3, -0.25) is 9.59 Å². The molecule has 0 aliphatic carbocycles. The molecule has 0 aromatic heterocycles. The largest absolute Gasteiger partial charge is 0.348 e. The molecule has 0 radical (unpaired) electrons. The van der Waals surface area contributed by atoms with Crippen LogP contribution in [0.4, 0.5) is 0 Å². The van der Waals surface area contributed by atoms with Crippen molar-refractivity contribution in [1.29, 1.82) is 0 Å². The predicted molar refractivity (Wildman–Crippen MR) is 104 cm³/mol. The number of carbonyl (C=O) groups excluding carboxylic acids is 3. The van der Waals surface area contributed by atoms with Crippen LogP contribution in [0.15, 0.2) is 0 Å². The lowest BCUT2D eigenvalue weighted by Crippen LogP contribution is -2.54. The van der Waals surface area contributed by atoms with Crippen molar-refractivity contribution in [1.82, 2.24) is 21.0 Å². The van der Waals surface area contributed by atoms with E-state index in [2.05, 4.69) is 29.4 Å². The number of nitrogens with one attached hydrogen (secondary N) is 3. The summed E-state index contributed by atoms with van der Waals surface area (Å²) in [7, 11) is 1.39. The molecule has 0 saturated carbocycles. The number of unbranched alkanes of at least 4 members (excludes halogenated alkanes) is 1. The van der Waals surface area contributed by atoms with Gasteiger partial charge in [-0.2, -0.15) is 5.48 Å². The zero-order valence-electron chi connectivity index (χ0n) is 16.8. The Morgan fingerprint density at radius 3 is 2.15 bits per heavy atom. The molecule has 4 N–H and O–H groups in total. The van der Waals surface area contributed by atoms with Gasteiger partial charge >= 0.3 is 0 Å². The lowest BCUT2D eigenvalue weighted by molar-refractivity contribution is -0.132. The molecule has 2 amide bonds. The van der Waals surface area contributed by atoms with Gasteiger partial charge in [-0.05, 0) is 44.8 Å². The van der Waals surface area contributed by atoms with Crippen LogP contribution in [-0.2, 0) is 14.4 Å². The highest BCUT2D eigenvalue weighted by Crippen LogP contribution is 2.06. The first-order valence-electron chi connectivity index (χ1n) is 9.46. The highest BCUT2D eigenvalue weighted by Gasteiger charge is 2.27. The molecule has 0 rings (SSSR count). The number of amides is 2. The fourth-order valence-corrected chi connectivity index (χ4v) is 2.60. The minimum atomic E-state index is -0.797. The minimum Gasteiger partial charge on any atom is -0.348 e. The van der Waals surface area contributed by atoms with Gasteiger partial charge in [0, 0.05) is 0 Å². The van der Waals surface area contributed by atoms with Gasteiger partial charge in [0.25, 0.3) is 0 Å². The van der Waals surface area contributed by atoms with Crippen LogP contribution in [-0.4, -0.2) is 73.7 Å². The zero-order valence-corrected chi connectivity index (χ0v) is 16.8. The second-order valence-corrected chi connectivity index (χ2v) is 6.85. The summed E-state index contributed by atoms with van der Waals surface area (Å²) in [5.74, 6) is -0.949. The van der Waals surface area contributed by atoms with E-state index in [4.69, 9.17) is 5.21 Å². The fraction of sp³-hybridized carbons (Fsp3) is 0.824. The summed E-state index contributed by atoms with van der Waals surface area (Å²) >= 11 is 0. The number of hydrogen-bond acceptors (Lipinski definition) is 6. The van der Waals surface area contributed by atoms with E-state index in [-0.39, 0.29) is 24.1 Å².